The minimum Gasteiger partial charge on any atom is -0.396 e. The Morgan fingerprint density at radius 2 is 2.00 bits per heavy atom. The fourth-order valence-electron chi connectivity index (χ4n) is 1.97. The van der Waals surface area contributed by atoms with Crippen LogP contribution in [0.2, 0.25) is 0 Å². The Kier molecular flexibility index (Phi) is 5.14. The molecule has 6 heteroatoms. The van der Waals surface area contributed by atoms with Crippen LogP contribution >= 0.6 is 0 Å². The molecule has 0 amide bonds. The molecular formula is C14H24N4O2. The summed E-state index contributed by atoms with van der Waals surface area (Å²) in [4.78, 5) is 8.83. The number of methoxy groups -OCH3 is 1. The number of hydrogen-bond acceptors (Lipinski definition) is 6. The molecular weight excluding hydrogens is 256 g/mol. The summed E-state index contributed by atoms with van der Waals surface area (Å²) < 4.78 is 5.10. The van der Waals surface area contributed by atoms with Crippen LogP contribution in [0.15, 0.2) is 6.07 Å². The minimum absolute atomic E-state index is 0.0589. The number of nitrogens with one attached hydrogen (secondary N) is 2. The molecule has 112 valence electrons. The highest BCUT2D eigenvalue weighted by Crippen LogP contribution is 2.44. The van der Waals surface area contributed by atoms with Crippen molar-refractivity contribution < 1.29 is 9.84 Å². The Bertz CT molecular complexity index is 435. The second-order valence-corrected chi connectivity index (χ2v) is 5.43. The fourth-order valence-corrected chi connectivity index (χ4v) is 1.97. The zero-order chi connectivity index (χ0) is 14.4. The first-order valence-electron chi connectivity index (χ1n) is 7.17. The predicted molar refractivity (Wildman–Crippen MR) is 78.8 cm³/mol. The van der Waals surface area contributed by atoms with Crippen molar-refractivity contribution in [2.24, 2.45) is 5.41 Å². The number of rotatable bonds is 9. The monoisotopic (exact) mass is 280 g/mol. The molecule has 0 aromatic carbocycles. The van der Waals surface area contributed by atoms with E-state index < -0.39 is 0 Å². The summed E-state index contributed by atoms with van der Waals surface area (Å²) >= 11 is 0. The van der Waals surface area contributed by atoms with Gasteiger partial charge in [0.2, 0.25) is 0 Å². The van der Waals surface area contributed by atoms with E-state index >= 15 is 0 Å². The standard InChI is InChI=1S/C14H24N4O2/c1-3-6-15-11-7-12(18-13(17-11)8-20-2)16-9-14(10-19)4-5-14/h7,19H,3-6,8-10H2,1-2H3,(H2,15,16,17,18). The Hall–Kier alpha value is -1.40. The van der Waals surface area contributed by atoms with Gasteiger partial charge in [-0.25, -0.2) is 9.97 Å². The lowest BCUT2D eigenvalue weighted by molar-refractivity contribution is 0.178. The molecule has 1 aromatic rings. The van der Waals surface area contributed by atoms with Crippen molar-refractivity contribution in [2.45, 2.75) is 32.8 Å². The summed E-state index contributed by atoms with van der Waals surface area (Å²) in [5.41, 5.74) is 0.0589. The van der Waals surface area contributed by atoms with Crippen LogP contribution in [0.5, 0.6) is 0 Å². The maximum atomic E-state index is 9.34. The van der Waals surface area contributed by atoms with Crippen LogP contribution in [-0.4, -0.2) is 41.9 Å². The van der Waals surface area contributed by atoms with Gasteiger partial charge in [-0.3, -0.25) is 0 Å². The number of hydrogen-bond donors (Lipinski definition) is 3. The maximum absolute atomic E-state index is 9.34. The smallest absolute Gasteiger partial charge is 0.158 e. The second-order valence-electron chi connectivity index (χ2n) is 5.43. The number of ether oxygens (including phenoxy) is 1. The average molecular weight is 280 g/mol. The van der Waals surface area contributed by atoms with E-state index in [0.29, 0.717) is 12.4 Å². The van der Waals surface area contributed by atoms with Gasteiger partial charge >= 0.3 is 0 Å². The number of nitrogens with zero attached hydrogens (tertiary/aromatic N) is 2. The van der Waals surface area contributed by atoms with Gasteiger partial charge in [0.25, 0.3) is 0 Å². The van der Waals surface area contributed by atoms with Gasteiger partial charge < -0.3 is 20.5 Å². The lowest BCUT2D eigenvalue weighted by atomic mass is 10.1. The van der Waals surface area contributed by atoms with Gasteiger partial charge in [-0.05, 0) is 19.3 Å². The van der Waals surface area contributed by atoms with Crippen molar-refractivity contribution in [3.05, 3.63) is 11.9 Å². The zero-order valence-electron chi connectivity index (χ0n) is 12.3. The van der Waals surface area contributed by atoms with Crippen molar-refractivity contribution in [3.8, 4) is 0 Å². The molecule has 0 atom stereocenters. The van der Waals surface area contributed by atoms with Crippen molar-refractivity contribution in [1.29, 1.82) is 0 Å². The Morgan fingerprint density at radius 3 is 2.55 bits per heavy atom. The highest BCUT2D eigenvalue weighted by molar-refractivity contribution is 5.47. The van der Waals surface area contributed by atoms with Crippen LogP contribution in [0.1, 0.15) is 32.0 Å². The molecule has 0 unspecified atom stereocenters. The third kappa shape index (κ3) is 4.05. The van der Waals surface area contributed by atoms with Gasteiger partial charge in [0, 0.05) is 31.7 Å². The van der Waals surface area contributed by atoms with E-state index in [1.54, 1.807) is 7.11 Å². The van der Waals surface area contributed by atoms with Crippen LogP contribution < -0.4 is 10.6 Å². The summed E-state index contributed by atoms with van der Waals surface area (Å²) in [6, 6.07) is 1.91. The molecule has 2 rings (SSSR count). The van der Waals surface area contributed by atoms with Crippen LogP contribution in [0.25, 0.3) is 0 Å². The third-order valence-electron chi connectivity index (χ3n) is 3.54. The molecule has 1 aliphatic rings. The fraction of sp³-hybridized carbons (Fsp3) is 0.714. The average Bonchev–Trinajstić information content (AvgIpc) is 3.24. The summed E-state index contributed by atoms with van der Waals surface area (Å²) in [7, 11) is 1.63. The third-order valence-corrected chi connectivity index (χ3v) is 3.54. The Balaban J connectivity index is 2.03. The van der Waals surface area contributed by atoms with Gasteiger partial charge in [0.15, 0.2) is 5.82 Å². The van der Waals surface area contributed by atoms with Crippen LogP contribution in [0, 0.1) is 5.41 Å². The summed E-state index contributed by atoms with van der Waals surface area (Å²) in [6.45, 7) is 4.36. The summed E-state index contributed by atoms with van der Waals surface area (Å²) in [6.07, 6.45) is 3.20. The van der Waals surface area contributed by atoms with E-state index in [0.717, 1.165) is 44.0 Å². The van der Waals surface area contributed by atoms with Crippen molar-refractivity contribution in [3.63, 3.8) is 0 Å². The Morgan fingerprint density at radius 1 is 1.30 bits per heavy atom. The van der Waals surface area contributed by atoms with E-state index in [1.807, 2.05) is 6.07 Å². The summed E-state index contributed by atoms with van der Waals surface area (Å²) in [5, 5.41) is 15.9. The molecule has 1 heterocycles. The van der Waals surface area contributed by atoms with Gasteiger partial charge in [0.05, 0.1) is 6.61 Å². The van der Waals surface area contributed by atoms with Crippen LogP contribution in [0.4, 0.5) is 11.6 Å². The van der Waals surface area contributed by atoms with E-state index in [9.17, 15) is 5.11 Å². The van der Waals surface area contributed by atoms with Crippen molar-refractivity contribution in [1.82, 2.24) is 9.97 Å². The number of aliphatic hydroxyl groups is 1. The quantitative estimate of drug-likeness (QED) is 0.638. The lowest BCUT2D eigenvalue weighted by Crippen LogP contribution is -2.20. The van der Waals surface area contributed by atoms with E-state index in [-0.39, 0.29) is 12.0 Å². The maximum Gasteiger partial charge on any atom is 0.158 e. The van der Waals surface area contributed by atoms with Crippen LogP contribution in [0.3, 0.4) is 0 Å². The minimum atomic E-state index is 0.0589. The first-order chi connectivity index (χ1) is 9.71. The number of anilines is 2. The predicted octanol–water partition coefficient (Wildman–Crippen LogP) is 1.63. The molecule has 20 heavy (non-hydrogen) atoms. The van der Waals surface area contributed by atoms with Gasteiger partial charge in [0.1, 0.15) is 18.2 Å². The molecule has 1 aliphatic carbocycles. The number of aromatic nitrogens is 2. The normalized spacial score (nSPS) is 15.9. The van der Waals surface area contributed by atoms with Gasteiger partial charge in [-0.15, -0.1) is 0 Å². The highest BCUT2D eigenvalue weighted by Gasteiger charge is 2.41. The first kappa shape index (κ1) is 15.0. The Labute approximate surface area is 120 Å². The molecule has 1 saturated carbocycles. The largest absolute Gasteiger partial charge is 0.396 e. The number of aliphatic hydroxyl groups excluding tert-OH is 1. The van der Waals surface area contributed by atoms with Crippen molar-refractivity contribution >= 4 is 11.6 Å². The van der Waals surface area contributed by atoms with E-state index in [1.165, 1.54) is 0 Å². The molecule has 0 bridgehead atoms. The van der Waals surface area contributed by atoms with E-state index in [4.69, 9.17) is 4.74 Å². The molecule has 6 nitrogen and oxygen atoms in total. The molecule has 0 aliphatic heterocycles. The van der Waals surface area contributed by atoms with Crippen molar-refractivity contribution in [2.75, 3.05) is 37.4 Å². The molecule has 0 saturated heterocycles. The van der Waals surface area contributed by atoms with Gasteiger partial charge in [-0.1, -0.05) is 6.92 Å². The molecule has 1 aromatic heterocycles. The zero-order valence-corrected chi connectivity index (χ0v) is 12.3. The topological polar surface area (TPSA) is 79.3 Å². The lowest BCUT2D eigenvalue weighted by Gasteiger charge is -2.15. The van der Waals surface area contributed by atoms with Gasteiger partial charge in [-0.2, -0.15) is 0 Å². The molecule has 0 radical (unpaired) electrons. The second kappa shape index (κ2) is 6.85. The molecule has 3 N–H and O–H groups in total. The highest BCUT2D eigenvalue weighted by atomic mass is 16.5. The van der Waals surface area contributed by atoms with Crippen LogP contribution in [-0.2, 0) is 11.3 Å². The van der Waals surface area contributed by atoms with E-state index in [2.05, 4.69) is 27.5 Å². The molecule has 0 spiro atoms. The molecule has 1 fully saturated rings. The summed E-state index contributed by atoms with van der Waals surface area (Å²) in [5.74, 6) is 2.25. The SMILES string of the molecule is CCCNc1cc(NCC2(CO)CC2)nc(COC)n1. The first-order valence-corrected chi connectivity index (χ1v) is 7.17.